The topological polar surface area (TPSA) is 65.4 Å². The van der Waals surface area contributed by atoms with Gasteiger partial charge in [-0.3, -0.25) is 9.36 Å². The molecule has 9 heteroatoms. The lowest BCUT2D eigenvalue weighted by molar-refractivity contribution is -0.120. The number of benzene rings is 1. The van der Waals surface area contributed by atoms with Gasteiger partial charge in [-0.05, 0) is 32.6 Å². The van der Waals surface area contributed by atoms with Crippen molar-refractivity contribution >= 4 is 16.9 Å². The van der Waals surface area contributed by atoms with E-state index in [1.165, 1.54) is 18.5 Å². The number of halogens is 3. The number of hydrogen-bond donors (Lipinski definition) is 1. The number of carbonyl (C=O) groups is 1. The fraction of sp³-hybridized carbons (Fsp3) is 0.579. The molecule has 6 nitrogen and oxygen atoms in total. The highest BCUT2D eigenvalue weighted by Gasteiger charge is 2.26. The van der Waals surface area contributed by atoms with Gasteiger partial charge in [-0.1, -0.05) is 0 Å². The Morgan fingerprint density at radius 2 is 1.89 bits per heavy atom. The molecule has 0 radical (unpaired) electrons. The third-order valence-electron chi connectivity index (χ3n) is 4.88. The van der Waals surface area contributed by atoms with Gasteiger partial charge in [0.25, 0.3) is 6.01 Å². The smallest absolute Gasteiger partial charge is 0.297 e. The fourth-order valence-electron chi connectivity index (χ4n) is 3.49. The quantitative estimate of drug-likeness (QED) is 0.758. The van der Waals surface area contributed by atoms with Crippen molar-refractivity contribution in [2.24, 2.45) is 7.05 Å². The first kappa shape index (κ1) is 20.4. The lowest BCUT2D eigenvalue weighted by Gasteiger charge is -2.29. The zero-order chi connectivity index (χ0) is 20.4. The molecule has 1 amide bonds. The van der Waals surface area contributed by atoms with E-state index < -0.39 is 17.5 Å². The van der Waals surface area contributed by atoms with Gasteiger partial charge in [0.15, 0.2) is 17.5 Å². The summed E-state index contributed by atoms with van der Waals surface area (Å²) in [5.41, 5.74) is -0.503. The Kier molecular flexibility index (Phi) is 6.12. The Morgan fingerprint density at radius 1 is 1.25 bits per heavy atom. The number of nitrogens with one attached hydrogen (secondary N) is 1. The molecular formula is C19H24F3N3O3. The van der Waals surface area contributed by atoms with Crippen LogP contribution in [0.15, 0.2) is 6.07 Å². The number of rotatable bonds is 6. The monoisotopic (exact) mass is 399 g/mol. The molecule has 1 fully saturated rings. The Bertz CT molecular complexity index is 863. The lowest BCUT2D eigenvalue weighted by atomic mass is 9.95. The van der Waals surface area contributed by atoms with Crippen molar-refractivity contribution < 1.29 is 27.4 Å². The standard InChI is InChI=1S/C19H24F3N3O3/c1-10(23-11(2)26)9-27-12-4-6-13(7-5-12)28-19-24-17-15(21)8-14(20)16(22)18(17)25(19)3/h8,10,12-13H,4-7,9H2,1-3H3,(H,23,26)/t10-,12-,13-/m0/s1. The van der Waals surface area contributed by atoms with E-state index in [4.69, 9.17) is 9.47 Å². The molecule has 28 heavy (non-hydrogen) atoms. The van der Waals surface area contributed by atoms with Gasteiger partial charge in [0.05, 0.1) is 12.7 Å². The molecule has 2 aromatic rings. The first-order valence-electron chi connectivity index (χ1n) is 9.31. The number of aromatic nitrogens is 2. The maximum absolute atomic E-state index is 14.0. The molecule has 0 aliphatic heterocycles. The van der Waals surface area contributed by atoms with Crippen LogP contribution in [0.2, 0.25) is 0 Å². The number of hydrogen-bond acceptors (Lipinski definition) is 4. The molecule has 1 heterocycles. The Balaban J connectivity index is 1.58. The van der Waals surface area contributed by atoms with Gasteiger partial charge < -0.3 is 14.8 Å². The van der Waals surface area contributed by atoms with Crippen LogP contribution in [0, 0.1) is 17.5 Å². The molecule has 1 saturated carbocycles. The van der Waals surface area contributed by atoms with Gasteiger partial charge in [-0.25, -0.2) is 13.2 Å². The van der Waals surface area contributed by atoms with Crippen molar-refractivity contribution in [3.8, 4) is 6.01 Å². The first-order chi connectivity index (χ1) is 13.3. The largest absolute Gasteiger partial charge is 0.461 e. The molecule has 0 unspecified atom stereocenters. The summed E-state index contributed by atoms with van der Waals surface area (Å²) in [7, 11) is 1.46. The lowest BCUT2D eigenvalue weighted by Crippen LogP contribution is -2.37. The van der Waals surface area contributed by atoms with E-state index in [-0.39, 0.29) is 41.2 Å². The Labute approximate surface area is 161 Å². The molecule has 1 N–H and O–H groups in total. The Hall–Kier alpha value is -2.29. The minimum atomic E-state index is -1.26. The second-order valence-corrected chi connectivity index (χ2v) is 7.26. The molecule has 0 saturated heterocycles. The summed E-state index contributed by atoms with van der Waals surface area (Å²) in [6, 6.07) is 0.484. The van der Waals surface area contributed by atoms with E-state index in [2.05, 4.69) is 10.3 Å². The highest BCUT2D eigenvalue weighted by atomic mass is 19.2. The zero-order valence-corrected chi connectivity index (χ0v) is 16.1. The molecule has 0 bridgehead atoms. The third-order valence-corrected chi connectivity index (χ3v) is 4.88. The van der Waals surface area contributed by atoms with Crippen molar-refractivity contribution in [2.75, 3.05) is 6.61 Å². The minimum absolute atomic E-state index is 0.0575. The number of imidazole rings is 1. The zero-order valence-electron chi connectivity index (χ0n) is 16.1. The summed E-state index contributed by atoms with van der Waals surface area (Å²) < 4.78 is 54.3. The van der Waals surface area contributed by atoms with E-state index in [1.54, 1.807) is 0 Å². The van der Waals surface area contributed by atoms with Crippen LogP contribution in [0.1, 0.15) is 39.5 Å². The average molecular weight is 399 g/mol. The molecule has 154 valence electrons. The maximum Gasteiger partial charge on any atom is 0.297 e. The normalized spacial score (nSPS) is 20.9. The molecule has 3 rings (SSSR count). The third kappa shape index (κ3) is 4.40. The predicted octanol–water partition coefficient (Wildman–Crippen LogP) is 3.22. The number of carbonyl (C=O) groups excluding carboxylic acids is 1. The Morgan fingerprint density at radius 3 is 2.54 bits per heavy atom. The molecule has 1 aromatic heterocycles. The molecule has 1 aliphatic rings. The fourth-order valence-corrected chi connectivity index (χ4v) is 3.49. The number of ether oxygens (including phenoxy) is 2. The van der Waals surface area contributed by atoms with Crippen molar-refractivity contribution in [1.29, 1.82) is 0 Å². The van der Waals surface area contributed by atoms with Crippen LogP contribution >= 0.6 is 0 Å². The number of aryl methyl sites for hydroxylation is 1. The van der Waals surface area contributed by atoms with Gasteiger partial charge in [0.2, 0.25) is 5.91 Å². The maximum atomic E-state index is 14.0. The van der Waals surface area contributed by atoms with Gasteiger partial charge in [0.1, 0.15) is 17.1 Å². The summed E-state index contributed by atoms with van der Waals surface area (Å²) in [6.07, 6.45) is 2.82. The van der Waals surface area contributed by atoms with E-state index >= 15 is 0 Å². The second kappa shape index (κ2) is 8.38. The summed E-state index contributed by atoms with van der Waals surface area (Å²) in [5, 5.41) is 2.77. The predicted molar refractivity (Wildman–Crippen MR) is 96.5 cm³/mol. The first-order valence-corrected chi connectivity index (χ1v) is 9.31. The number of fused-ring (bicyclic) bond motifs is 1. The van der Waals surface area contributed by atoms with Crippen LogP contribution in [0.3, 0.4) is 0 Å². The highest BCUT2D eigenvalue weighted by molar-refractivity contribution is 5.78. The van der Waals surface area contributed by atoms with E-state index in [0.717, 1.165) is 12.8 Å². The molecule has 1 aliphatic carbocycles. The molecule has 1 aromatic carbocycles. The van der Waals surface area contributed by atoms with Crippen LogP contribution in [0.25, 0.3) is 11.0 Å². The van der Waals surface area contributed by atoms with Crippen LogP contribution in [0.5, 0.6) is 6.01 Å². The summed E-state index contributed by atoms with van der Waals surface area (Å²) in [5.74, 6) is -3.43. The van der Waals surface area contributed by atoms with Crippen molar-refractivity contribution in [2.45, 2.75) is 57.8 Å². The summed E-state index contributed by atoms with van der Waals surface area (Å²) in [6.45, 7) is 3.78. The van der Waals surface area contributed by atoms with Crippen molar-refractivity contribution in [1.82, 2.24) is 14.9 Å². The van der Waals surface area contributed by atoms with E-state index in [9.17, 15) is 18.0 Å². The van der Waals surface area contributed by atoms with Crippen LogP contribution in [0.4, 0.5) is 13.2 Å². The van der Waals surface area contributed by atoms with Crippen molar-refractivity contribution in [3.05, 3.63) is 23.5 Å². The van der Waals surface area contributed by atoms with Gasteiger partial charge in [0, 0.05) is 26.1 Å². The van der Waals surface area contributed by atoms with Crippen LogP contribution < -0.4 is 10.1 Å². The summed E-state index contributed by atoms with van der Waals surface area (Å²) in [4.78, 5) is 15.0. The molecule has 1 atom stereocenters. The number of nitrogens with zero attached hydrogens (tertiary/aromatic N) is 2. The molecule has 0 spiro atoms. The van der Waals surface area contributed by atoms with E-state index in [1.807, 2.05) is 6.92 Å². The van der Waals surface area contributed by atoms with Crippen molar-refractivity contribution in [3.63, 3.8) is 0 Å². The highest BCUT2D eigenvalue weighted by Crippen LogP contribution is 2.30. The summed E-state index contributed by atoms with van der Waals surface area (Å²) >= 11 is 0. The van der Waals surface area contributed by atoms with E-state index in [0.29, 0.717) is 25.5 Å². The van der Waals surface area contributed by atoms with Gasteiger partial charge in [-0.2, -0.15) is 4.98 Å². The molecular weight excluding hydrogens is 375 g/mol. The van der Waals surface area contributed by atoms with Crippen LogP contribution in [-0.2, 0) is 16.6 Å². The van der Waals surface area contributed by atoms with Crippen LogP contribution in [-0.4, -0.2) is 40.3 Å². The van der Waals surface area contributed by atoms with Gasteiger partial charge in [-0.15, -0.1) is 0 Å². The van der Waals surface area contributed by atoms with Gasteiger partial charge >= 0.3 is 0 Å². The number of amides is 1. The SMILES string of the molecule is CC(=O)N[C@@H](C)CO[C@H]1CC[C@H](Oc2nc3c(F)cc(F)c(F)c3n2C)CC1. The average Bonchev–Trinajstić information content (AvgIpc) is 2.96. The minimum Gasteiger partial charge on any atom is -0.461 e. The second-order valence-electron chi connectivity index (χ2n) is 7.26.